The van der Waals surface area contributed by atoms with Crippen molar-refractivity contribution in [1.82, 2.24) is 9.55 Å². The van der Waals surface area contributed by atoms with E-state index in [9.17, 15) is 24.7 Å². The molecule has 0 spiro atoms. The first-order valence-electron chi connectivity index (χ1n) is 10.7. The molecule has 2 heterocycles. The molecule has 3 aromatic rings. The standard InChI is InChI=1S/C23H16ClFIN5O7/c24-14-8-4-7-13(9-14)20(33)36-11-23(29-30-27)17(37-21(34)12-5-2-1-3-6-12)16(25)19(38-23)31-10-15(26)18(32)28-22(31)35/h1-10,16-17,19H,11H2,(H,28,32,35)/t16-,17-,19+,23+/m0/s1. The van der Waals surface area contributed by atoms with Crippen LogP contribution in [0.4, 0.5) is 4.39 Å². The molecule has 38 heavy (non-hydrogen) atoms. The third kappa shape index (κ3) is 5.57. The van der Waals surface area contributed by atoms with Crippen LogP contribution in [0, 0.1) is 3.57 Å². The summed E-state index contributed by atoms with van der Waals surface area (Å²) < 4.78 is 33.0. The zero-order chi connectivity index (χ0) is 27.4. The molecule has 0 bridgehead atoms. The molecule has 1 aromatic heterocycles. The van der Waals surface area contributed by atoms with Gasteiger partial charge in [0.2, 0.25) is 5.72 Å². The molecule has 1 aliphatic rings. The third-order valence-corrected chi connectivity index (χ3v) is 6.46. The van der Waals surface area contributed by atoms with Crippen molar-refractivity contribution >= 4 is 46.1 Å². The van der Waals surface area contributed by atoms with Crippen LogP contribution in [0.1, 0.15) is 26.9 Å². The predicted octanol–water partition coefficient (Wildman–Crippen LogP) is 3.75. The van der Waals surface area contributed by atoms with Crippen LogP contribution in [0.3, 0.4) is 0 Å². The van der Waals surface area contributed by atoms with Gasteiger partial charge in [-0.3, -0.25) is 14.3 Å². The van der Waals surface area contributed by atoms with Gasteiger partial charge in [0, 0.05) is 16.1 Å². The number of ether oxygens (including phenoxy) is 3. The minimum absolute atomic E-state index is 0.0181. The van der Waals surface area contributed by atoms with Crippen LogP contribution >= 0.6 is 34.2 Å². The van der Waals surface area contributed by atoms with E-state index < -0.39 is 54.0 Å². The topological polar surface area (TPSA) is 165 Å². The molecule has 12 nitrogen and oxygen atoms in total. The second kappa shape index (κ2) is 11.3. The number of rotatable bonds is 7. The number of H-pyrrole nitrogens is 1. The smallest absolute Gasteiger partial charge is 0.338 e. The minimum Gasteiger partial charge on any atom is -0.459 e. The van der Waals surface area contributed by atoms with Crippen molar-refractivity contribution in [3.63, 3.8) is 0 Å². The maximum Gasteiger partial charge on any atom is 0.338 e. The number of azide groups is 1. The van der Waals surface area contributed by atoms with Crippen molar-refractivity contribution < 1.29 is 28.2 Å². The molecule has 1 N–H and O–H groups in total. The average Bonchev–Trinajstić information content (AvgIpc) is 3.16. The Labute approximate surface area is 231 Å². The highest BCUT2D eigenvalue weighted by Crippen LogP contribution is 2.42. The number of hydrogen-bond acceptors (Lipinski definition) is 8. The lowest BCUT2D eigenvalue weighted by Gasteiger charge is -2.28. The lowest BCUT2D eigenvalue weighted by Crippen LogP contribution is -2.47. The Balaban J connectivity index is 1.73. The van der Waals surface area contributed by atoms with Crippen LogP contribution in [-0.4, -0.2) is 46.1 Å². The van der Waals surface area contributed by atoms with E-state index in [0.29, 0.717) is 4.57 Å². The van der Waals surface area contributed by atoms with E-state index in [1.165, 1.54) is 36.4 Å². The molecule has 4 atom stereocenters. The van der Waals surface area contributed by atoms with Crippen molar-refractivity contribution in [3.05, 3.63) is 112 Å². The van der Waals surface area contributed by atoms with E-state index in [-0.39, 0.29) is 19.7 Å². The summed E-state index contributed by atoms with van der Waals surface area (Å²) in [5, 5.41) is 3.75. The number of carbonyl (C=O) groups is 2. The molecule has 1 aliphatic heterocycles. The largest absolute Gasteiger partial charge is 0.459 e. The minimum atomic E-state index is -2.43. The molecular weight excluding hydrogens is 640 g/mol. The van der Waals surface area contributed by atoms with E-state index in [4.69, 9.17) is 25.8 Å². The van der Waals surface area contributed by atoms with Crippen LogP contribution in [0.5, 0.6) is 0 Å². The van der Waals surface area contributed by atoms with Gasteiger partial charge >= 0.3 is 17.6 Å². The maximum absolute atomic E-state index is 15.9. The third-order valence-electron chi connectivity index (χ3n) is 5.46. The van der Waals surface area contributed by atoms with Gasteiger partial charge in [-0.2, -0.15) is 0 Å². The fourth-order valence-electron chi connectivity index (χ4n) is 3.68. The van der Waals surface area contributed by atoms with Gasteiger partial charge in [0.25, 0.3) is 5.56 Å². The van der Waals surface area contributed by atoms with Gasteiger partial charge < -0.3 is 14.2 Å². The Hall–Kier alpha value is -3.72. The number of aromatic nitrogens is 2. The van der Waals surface area contributed by atoms with Gasteiger partial charge in [-0.25, -0.2) is 18.8 Å². The highest BCUT2D eigenvalue weighted by Gasteiger charge is 2.60. The molecule has 2 aromatic carbocycles. The summed E-state index contributed by atoms with van der Waals surface area (Å²) in [6, 6.07) is 13.3. The molecule has 4 rings (SSSR count). The fourth-order valence-corrected chi connectivity index (χ4v) is 4.31. The van der Waals surface area contributed by atoms with E-state index in [1.807, 2.05) is 4.98 Å². The summed E-state index contributed by atoms with van der Waals surface area (Å²) in [4.78, 5) is 54.5. The SMILES string of the molecule is [N-]=[N+]=N[C@]1(COC(=O)c2cccc(Cl)c2)O[C@@H](n2cc(I)c(=O)[nH]c2=O)[C@@H](F)[C@@H]1OC(=O)c1ccccc1. The van der Waals surface area contributed by atoms with Gasteiger partial charge in [-0.05, 0) is 58.5 Å². The number of benzene rings is 2. The number of nitrogens with one attached hydrogen (secondary N) is 1. The van der Waals surface area contributed by atoms with Gasteiger partial charge in [0.15, 0.2) is 18.5 Å². The molecule has 0 unspecified atom stereocenters. The Bertz CT molecular complexity index is 1540. The molecule has 0 amide bonds. The maximum atomic E-state index is 15.9. The zero-order valence-corrected chi connectivity index (χ0v) is 21.9. The zero-order valence-electron chi connectivity index (χ0n) is 19.0. The Morgan fingerprint density at radius 2 is 1.89 bits per heavy atom. The molecular formula is C23H16ClFIN5O7. The highest BCUT2D eigenvalue weighted by molar-refractivity contribution is 14.1. The monoisotopic (exact) mass is 655 g/mol. The van der Waals surface area contributed by atoms with Crippen molar-refractivity contribution in [3.8, 4) is 0 Å². The number of nitrogens with zero attached hydrogens (tertiary/aromatic N) is 4. The van der Waals surface area contributed by atoms with Crippen molar-refractivity contribution in [2.75, 3.05) is 6.61 Å². The molecule has 0 aliphatic carbocycles. The summed E-state index contributed by atoms with van der Waals surface area (Å²) in [5.74, 6) is -1.92. The summed E-state index contributed by atoms with van der Waals surface area (Å²) in [7, 11) is 0. The normalized spacial score (nSPS) is 22.3. The molecule has 0 saturated carbocycles. The summed E-state index contributed by atoms with van der Waals surface area (Å²) >= 11 is 7.54. The second-order valence-corrected chi connectivity index (χ2v) is 9.51. The van der Waals surface area contributed by atoms with Crippen LogP contribution in [-0.2, 0) is 14.2 Å². The molecule has 15 heteroatoms. The van der Waals surface area contributed by atoms with Crippen LogP contribution in [0.25, 0.3) is 10.4 Å². The number of alkyl halides is 1. The number of esters is 2. The lowest BCUT2D eigenvalue weighted by atomic mass is 10.1. The predicted molar refractivity (Wildman–Crippen MR) is 138 cm³/mol. The molecule has 0 radical (unpaired) electrons. The summed E-state index contributed by atoms with van der Waals surface area (Å²) in [6.07, 6.45) is -5.09. The van der Waals surface area contributed by atoms with Crippen LogP contribution in [0.2, 0.25) is 5.02 Å². The first-order chi connectivity index (χ1) is 18.1. The lowest BCUT2D eigenvalue weighted by molar-refractivity contribution is -0.129. The molecule has 1 saturated heterocycles. The second-order valence-electron chi connectivity index (χ2n) is 7.91. The van der Waals surface area contributed by atoms with Crippen molar-refractivity contribution in [1.29, 1.82) is 0 Å². The van der Waals surface area contributed by atoms with E-state index in [2.05, 4.69) is 10.0 Å². The molecule has 1 fully saturated rings. The number of halogens is 3. The van der Waals surface area contributed by atoms with E-state index in [1.54, 1.807) is 40.8 Å². The quantitative estimate of drug-likeness (QED) is 0.133. The first kappa shape index (κ1) is 27.3. The van der Waals surface area contributed by atoms with E-state index >= 15 is 4.39 Å². The fraction of sp³-hybridized carbons (Fsp3) is 0.217. The average molecular weight is 656 g/mol. The van der Waals surface area contributed by atoms with E-state index in [0.717, 1.165) is 6.20 Å². The Morgan fingerprint density at radius 1 is 1.18 bits per heavy atom. The van der Waals surface area contributed by atoms with Crippen molar-refractivity contribution in [2.45, 2.75) is 24.2 Å². The number of hydrogen-bond donors (Lipinski definition) is 1. The van der Waals surface area contributed by atoms with Crippen molar-refractivity contribution in [2.24, 2.45) is 5.11 Å². The highest BCUT2D eigenvalue weighted by atomic mass is 127. The van der Waals surface area contributed by atoms with Crippen LogP contribution < -0.4 is 11.2 Å². The van der Waals surface area contributed by atoms with Gasteiger partial charge in [0.05, 0.1) is 14.7 Å². The summed E-state index contributed by atoms with van der Waals surface area (Å²) in [5.41, 5.74) is 5.19. The Kier molecular flexibility index (Phi) is 8.16. The van der Waals surface area contributed by atoms with Gasteiger partial charge in [-0.1, -0.05) is 41.0 Å². The number of aromatic amines is 1. The first-order valence-corrected chi connectivity index (χ1v) is 12.2. The Morgan fingerprint density at radius 3 is 2.58 bits per heavy atom. The number of carbonyl (C=O) groups excluding carboxylic acids is 2. The molecule has 196 valence electrons. The van der Waals surface area contributed by atoms with Gasteiger partial charge in [0.1, 0.15) is 6.61 Å². The van der Waals surface area contributed by atoms with Gasteiger partial charge in [-0.15, -0.1) is 0 Å². The summed E-state index contributed by atoms with van der Waals surface area (Å²) in [6.45, 7) is -0.902. The van der Waals surface area contributed by atoms with Crippen LogP contribution in [0.15, 0.2) is 75.5 Å².